The van der Waals surface area contributed by atoms with Gasteiger partial charge in [0.2, 0.25) is 0 Å². The van der Waals surface area contributed by atoms with Crippen LogP contribution in [0.2, 0.25) is 5.02 Å². The van der Waals surface area contributed by atoms with Crippen molar-refractivity contribution in [2.45, 2.75) is 32.1 Å². The zero-order chi connectivity index (χ0) is 21.8. The first kappa shape index (κ1) is 22.0. The van der Waals surface area contributed by atoms with Crippen LogP contribution in [-0.4, -0.2) is 44.3 Å². The van der Waals surface area contributed by atoms with Crippen molar-refractivity contribution in [2.75, 3.05) is 33.4 Å². The van der Waals surface area contributed by atoms with Crippen molar-refractivity contribution >= 4 is 23.1 Å². The summed E-state index contributed by atoms with van der Waals surface area (Å²) in [5.41, 5.74) is 6.37. The predicted octanol–water partition coefficient (Wildman–Crippen LogP) is 5.73. The molecule has 0 saturated carbocycles. The number of alkyl halides is 1. The van der Waals surface area contributed by atoms with Crippen molar-refractivity contribution in [3.05, 3.63) is 75.3 Å². The molecule has 2 aromatic rings. The van der Waals surface area contributed by atoms with Gasteiger partial charge in [0.15, 0.2) is 0 Å². The van der Waals surface area contributed by atoms with E-state index >= 15 is 0 Å². The number of fused-ring (bicyclic) bond motifs is 1. The van der Waals surface area contributed by atoms with Crippen molar-refractivity contribution in [1.82, 2.24) is 4.90 Å². The lowest BCUT2D eigenvalue weighted by molar-refractivity contribution is 0.0601. The average molecular weight is 442 g/mol. The Bertz CT molecular complexity index is 964. The predicted molar refractivity (Wildman–Crippen MR) is 123 cm³/mol. The van der Waals surface area contributed by atoms with E-state index in [9.17, 15) is 9.18 Å². The third kappa shape index (κ3) is 5.02. The van der Waals surface area contributed by atoms with Gasteiger partial charge in [0.1, 0.15) is 0 Å². The molecule has 2 aromatic carbocycles. The normalized spacial score (nSPS) is 16.8. The second kappa shape index (κ2) is 9.97. The van der Waals surface area contributed by atoms with Gasteiger partial charge in [-0.25, -0.2) is 4.79 Å². The molecular weight excluding hydrogens is 413 g/mol. The van der Waals surface area contributed by atoms with Gasteiger partial charge in [0.25, 0.3) is 0 Å². The van der Waals surface area contributed by atoms with Crippen LogP contribution in [0, 0.1) is 5.92 Å². The number of aryl methyl sites for hydroxylation is 1. The monoisotopic (exact) mass is 441 g/mol. The Morgan fingerprint density at radius 2 is 2.00 bits per heavy atom. The highest BCUT2D eigenvalue weighted by Crippen LogP contribution is 2.35. The van der Waals surface area contributed by atoms with Crippen LogP contribution in [0.25, 0.3) is 5.57 Å². The number of benzene rings is 2. The third-order valence-electron chi connectivity index (χ3n) is 6.32. The van der Waals surface area contributed by atoms with Crippen molar-refractivity contribution < 1.29 is 13.9 Å². The van der Waals surface area contributed by atoms with Gasteiger partial charge in [0.05, 0.1) is 24.4 Å². The summed E-state index contributed by atoms with van der Waals surface area (Å²) in [4.78, 5) is 14.4. The topological polar surface area (TPSA) is 29.5 Å². The summed E-state index contributed by atoms with van der Waals surface area (Å²) in [6, 6.07) is 12.6. The van der Waals surface area contributed by atoms with Crippen LogP contribution >= 0.6 is 11.6 Å². The van der Waals surface area contributed by atoms with Gasteiger partial charge in [-0.05, 0) is 78.0 Å². The minimum Gasteiger partial charge on any atom is -0.465 e. The Balaban J connectivity index is 1.49. The van der Waals surface area contributed by atoms with E-state index in [2.05, 4.69) is 35.2 Å². The highest BCUT2D eigenvalue weighted by atomic mass is 35.5. The zero-order valence-electron chi connectivity index (χ0n) is 18.0. The van der Waals surface area contributed by atoms with E-state index in [0.717, 1.165) is 56.4 Å². The van der Waals surface area contributed by atoms with E-state index in [1.807, 2.05) is 12.1 Å². The molecule has 0 unspecified atom stereocenters. The molecule has 1 fully saturated rings. The van der Waals surface area contributed by atoms with E-state index < -0.39 is 5.97 Å². The molecule has 0 amide bonds. The van der Waals surface area contributed by atoms with Gasteiger partial charge in [-0.3, -0.25) is 4.39 Å². The van der Waals surface area contributed by atoms with Crippen molar-refractivity contribution in [2.24, 2.45) is 5.92 Å². The van der Waals surface area contributed by atoms with Crippen molar-refractivity contribution in [3.8, 4) is 0 Å². The average Bonchev–Trinajstić information content (AvgIpc) is 2.96. The number of halogens is 2. The molecule has 3 nitrogen and oxygen atoms in total. The maximum absolute atomic E-state index is 12.3. The number of carbonyl (C=O) groups excluding carboxylic acids is 1. The zero-order valence-corrected chi connectivity index (χ0v) is 18.8. The fraction of sp³-hybridized carbons (Fsp3) is 0.423. The Hall–Kier alpha value is -2.17. The number of ether oxygens (including phenoxy) is 1. The summed E-state index contributed by atoms with van der Waals surface area (Å²) < 4.78 is 17.2. The highest BCUT2D eigenvalue weighted by Gasteiger charge is 2.26. The number of methoxy groups -OCH3 is 1. The molecule has 0 bridgehead atoms. The smallest absolute Gasteiger partial charge is 0.339 e. The fourth-order valence-corrected chi connectivity index (χ4v) is 4.93. The summed E-state index contributed by atoms with van der Waals surface area (Å²) in [6.45, 7) is 2.79. The molecule has 0 atom stereocenters. The fourth-order valence-electron chi connectivity index (χ4n) is 4.69. The number of hydrogen-bond donors (Lipinski definition) is 0. The van der Waals surface area contributed by atoms with E-state index in [1.165, 1.54) is 23.8 Å². The van der Waals surface area contributed by atoms with Gasteiger partial charge >= 0.3 is 5.97 Å². The second-order valence-electron chi connectivity index (χ2n) is 8.56. The van der Waals surface area contributed by atoms with Crippen LogP contribution in [0.4, 0.5) is 4.39 Å². The molecule has 2 aliphatic rings. The molecule has 5 heteroatoms. The lowest BCUT2D eigenvalue weighted by Crippen LogP contribution is -2.47. The van der Waals surface area contributed by atoms with Gasteiger partial charge in [-0.2, -0.15) is 0 Å². The summed E-state index contributed by atoms with van der Waals surface area (Å²) in [5, 5.41) is 0.428. The van der Waals surface area contributed by atoms with Gasteiger partial charge in [-0.1, -0.05) is 41.9 Å². The Morgan fingerprint density at radius 3 is 2.71 bits per heavy atom. The lowest BCUT2D eigenvalue weighted by Gasteiger charge is -2.39. The summed E-state index contributed by atoms with van der Waals surface area (Å²) in [7, 11) is 1.38. The number of nitrogens with zero attached hydrogens (tertiary/aromatic N) is 1. The van der Waals surface area contributed by atoms with Crippen molar-refractivity contribution in [1.29, 1.82) is 0 Å². The number of esters is 1. The number of rotatable bonds is 7. The molecule has 0 N–H and O–H groups in total. The van der Waals surface area contributed by atoms with Crippen LogP contribution in [-0.2, 0) is 17.6 Å². The molecule has 1 aliphatic heterocycles. The highest BCUT2D eigenvalue weighted by molar-refractivity contribution is 6.33. The molecule has 1 saturated heterocycles. The van der Waals surface area contributed by atoms with E-state index in [4.69, 9.17) is 16.3 Å². The van der Waals surface area contributed by atoms with E-state index in [0.29, 0.717) is 22.9 Å². The molecule has 0 spiro atoms. The van der Waals surface area contributed by atoms with Crippen molar-refractivity contribution in [3.63, 3.8) is 0 Å². The van der Waals surface area contributed by atoms with Gasteiger partial charge in [-0.15, -0.1) is 0 Å². The van der Waals surface area contributed by atoms with Crippen LogP contribution in [0.15, 0.2) is 42.5 Å². The van der Waals surface area contributed by atoms with Crippen LogP contribution in [0.5, 0.6) is 0 Å². The molecule has 0 radical (unpaired) electrons. The molecule has 31 heavy (non-hydrogen) atoms. The molecule has 4 rings (SSSR count). The first-order valence-corrected chi connectivity index (χ1v) is 11.5. The largest absolute Gasteiger partial charge is 0.465 e. The minimum absolute atomic E-state index is 0.225. The van der Waals surface area contributed by atoms with Crippen LogP contribution in [0.1, 0.15) is 51.9 Å². The minimum atomic E-state index is -0.397. The molecule has 164 valence electrons. The Morgan fingerprint density at radius 1 is 1.23 bits per heavy atom. The number of likely N-dealkylation sites (tertiary alicyclic amines) is 1. The number of carbonyl (C=O) groups is 1. The van der Waals surface area contributed by atoms with Gasteiger partial charge in [0, 0.05) is 19.6 Å². The molecule has 1 heterocycles. The summed E-state index contributed by atoms with van der Waals surface area (Å²) in [6.07, 6.45) is 6.93. The van der Waals surface area contributed by atoms with E-state index in [-0.39, 0.29) is 6.67 Å². The third-order valence-corrected chi connectivity index (χ3v) is 6.63. The van der Waals surface area contributed by atoms with E-state index in [1.54, 1.807) is 0 Å². The summed E-state index contributed by atoms with van der Waals surface area (Å²) in [5.74, 6) is 0.269. The standard InChI is InChI=1S/C26H29ClFNO2/c1-31-26(30)24-14-21-5-2-3-6-22(23(21)15-25(24)27)20-9-7-18(8-10-20)13-19-16-29(17-19)12-4-11-28/h6-10,14-15,19H,2-5,11-13,16-17H2,1H3. The SMILES string of the molecule is COC(=O)c1cc2c(cc1Cl)C(c1ccc(CC3CN(CCCF)C3)cc1)=CCCC2. The Kier molecular flexibility index (Phi) is 7.09. The first-order chi connectivity index (χ1) is 15.1. The second-order valence-corrected chi connectivity index (χ2v) is 8.97. The first-order valence-electron chi connectivity index (χ1n) is 11.1. The number of allylic oxidation sites excluding steroid dienone is 1. The molecule has 0 aromatic heterocycles. The molecule has 1 aliphatic carbocycles. The number of hydrogen-bond acceptors (Lipinski definition) is 3. The maximum Gasteiger partial charge on any atom is 0.339 e. The van der Waals surface area contributed by atoms with Gasteiger partial charge < -0.3 is 9.64 Å². The quantitative estimate of drug-likeness (QED) is 0.514. The maximum atomic E-state index is 12.3. The molecular formula is C26H29ClFNO2. The lowest BCUT2D eigenvalue weighted by atomic mass is 9.89. The Labute approximate surface area is 188 Å². The van der Waals surface area contributed by atoms with Crippen LogP contribution in [0.3, 0.4) is 0 Å². The van der Waals surface area contributed by atoms with Crippen LogP contribution < -0.4 is 0 Å². The summed E-state index contributed by atoms with van der Waals surface area (Å²) >= 11 is 6.44.